The van der Waals surface area contributed by atoms with Crippen LogP contribution >= 0.6 is 15.9 Å². The van der Waals surface area contributed by atoms with E-state index in [2.05, 4.69) is 34.8 Å². The van der Waals surface area contributed by atoms with Crippen LogP contribution in [0.1, 0.15) is 20.3 Å². The standard InChI is InChI=1S/C12H19BrFN3/c1-8(2)11(15)4-5-17(3)12-10(14)6-9(13)7-16-12/h6-8,11H,4-5,15H2,1-3H3. The highest BCUT2D eigenvalue weighted by Crippen LogP contribution is 2.19. The van der Waals surface area contributed by atoms with Crippen molar-refractivity contribution >= 4 is 21.7 Å². The molecule has 17 heavy (non-hydrogen) atoms. The van der Waals surface area contributed by atoms with Crippen LogP contribution in [0.3, 0.4) is 0 Å². The van der Waals surface area contributed by atoms with Gasteiger partial charge < -0.3 is 10.6 Å². The van der Waals surface area contributed by atoms with Gasteiger partial charge in [0.05, 0.1) is 0 Å². The van der Waals surface area contributed by atoms with Gasteiger partial charge in [0.25, 0.3) is 0 Å². The van der Waals surface area contributed by atoms with Gasteiger partial charge in [0.2, 0.25) is 0 Å². The smallest absolute Gasteiger partial charge is 0.166 e. The second-order valence-corrected chi connectivity index (χ2v) is 5.49. The fraction of sp³-hybridized carbons (Fsp3) is 0.583. The number of nitrogens with two attached hydrogens (primary N) is 1. The van der Waals surface area contributed by atoms with Gasteiger partial charge in [-0.2, -0.15) is 0 Å². The highest BCUT2D eigenvalue weighted by molar-refractivity contribution is 9.10. The highest BCUT2D eigenvalue weighted by Gasteiger charge is 2.12. The molecule has 1 rings (SSSR count). The summed E-state index contributed by atoms with van der Waals surface area (Å²) in [6.45, 7) is 4.87. The van der Waals surface area contributed by atoms with Crippen LogP contribution in [0.15, 0.2) is 16.7 Å². The molecule has 1 atom stereocenters. The van der Waals surface area contributed by atoms with Gasteiger partial charge in [-0.1, -0.05) is 13.8 Å². The van der Waals surface area contributed by atoms with Crippen molar-refractivity contribution in [3.05, 3.63) is 22.6 Å². The van der Waals surface area contributed by atoms with Crippen molar-refractivity contribution in [3.8, 4) is 0 Å². The molecule has 0 bridgehead atoms. The number of nitrogens with zero attached hydrogens (tertiary/aromatic N) is 2. The van der Waals surface area contributed by atoms with E-state index in [4.69, 9.17) is 5.73 Å². The first-order valence-electron chi connectivity index (χ1n) is 5.69. The van der Waals surface area contributed by atoms with Crippen molar-refractivity contribution in [2.75, 3.05) is 18.5 Å². The van der Waals surface area contributed by atoms with Crippen LogP contribution in [-0.2, 0) is 0 Å². The van der Waals surface area contributed by atoms with Crippen LogP contribution in [0.25, 0.3) is 0 Å². The van der Waals surface area contributed by atoms with E-state index >= 15 is 0 Å². The Hall–Kier alpha value is -0.680. The van der Waals surface area contributed by atoms with Crippen molar-refractivity contribution in [2.24, 2.45) is 11.7 Å². The monoisotopic (exact) mass is 303 g/mol. The fourth-order valence-corrected chi connectivity index (χ4v) is 1.77. The van der Waals surface area contributed by atoms with Crippen molar-refractivity contribution in [2.45, 2.75) is 26.3 Å². The average molecular weight is 304 g/mol. The van der Waals surface area contributed by atoms with Crippen molar-refractivity contribution < 1.29 is 4.39 Å². The molecule has 1 aromatic heterocycles. The summed E-state index contributed by atoms with van der Waals surface area (Å²) in [6.07, 6.45) is 2.42. The summed E-state index contributed by atoms with van der Waals surface area (Å²) >= 11 is 3.19. The Balaban J connectivity index is 2.61. The number of rotatable bonds is 5. The largest absolute Gasteiger partial charge is 0.357 e. The molecule has 1 unspecified atom stereocenters. The zero-order valence-electron chi connectivity index (χ0n) is 10.5. The second-order valence-electron chi connectivity index (χ2n) is 4.58. The predicted molar refractivity (Wildman–Crippen MR) is 72.6 cm³/mol. The third-order valence-corrected chi connectivity index (χ3v) is 3.24. The summed E-state index contributed by atoms with van der Waals surface area (Å²) in [5.41, 5.74) is 5.96. The molecule has 0 radical (unpaired) electrons. The first-order valence-corrected chi connectivity index (χ1v) is 6.49. The van der Waals surface area contributed by atoms with Crippen molar-refractivity contribution in [1.82, 2.24) is 4.98 Å². The summed E-state index contributed by atoms with van der Waals surface area (Å²) in [5, 5.41) is 0. The van der Waals surface area contributed by atoms with E-state index in [9.17, 15) is 4.39 Å². The third kappa shape index (κ3) is 4.24. The normalized spacial score (nSPS) is 12.9. The molecule has 2 N–H and O–H groups in total. The minimum atomic E-state index is -0.319. The van der Waals surface area contributed by atoms with Gasteiger partial charge in [0.1, 0.15) is 0 Å². The number of hydrogen-bond acceptors (Lipinski definition) is 3. The molecule has 0 spiro atoms. The third-order valence-electron chi connectivity index (χ3n) is 2.80. The lowest BCUT2D eigenvalue weighted by Crippen LogP contribution is -2.32. The second kappa shape index (κ2) is 6.31. The molecule has 5 heteroatoms. The quantitative estimate of drug-likeness (QED) is 0.909. The zero-order chi connectivity index (χ0) is 13.0. The Kier molecular flexibility index (Phi) is 5.33. The molecule has 0 aliphatic rings. The summed E-state index contributed by atoms with van der Waals surface area (Å²) < 4.78 is 14.3. The molecule has 0 aliphatic heterocycles. The predicted octanol–water partition coefficient (Wildman–Crippen LogP) is 2.79. The van der Waals surface area contributed by atoms with Gasteiger partial charge in [-0.25, -0.2) is 9.37 Å². The Morgan fingerprint density at radius 1 is 1.53 bits per heavy atom. The number of pyridine rings is 1. The molecule has 96 valence electrons. The summed E-state index contributed by atoms with van der Waals surface area (Å²) in [4.78, 5) is 5.86. The molecule has 1 heterocycles. The number of aromatic nitrogens is 1. The van der Waals surface area contributed by atoms with Crippen molar-refractivity contribution in [3.63, 3.8) is 0 Å². The van der Waals surface area contributed by atoms with Gasteiger partial charge >= 0.3 is 0 Å². The molecule has 0 aliphatic carbocycles. The van der Waals surface area contributed by atoms with E-state index in [1.54, 1.807) is 11.1 Å². The summed E-state index contributed by atoms with van der Waals surface area (Å²) in [7, 11) is 1.83. The first kappa shape index (κ1) is 14.4. The molecular weight excluding hydrogens is 285 g/mol. The molecule has 0 saturated heterocycles. The molecule has 0 fully saturated rings. The van der Waals surface area contributed by atoms with Gasteiger partial charge in [-0.15, -0.1) is 0 Å². The maximum atomic E-state index is 13.6. The van der Waals surface area contributed by atoms with Crippen LogP contribution in [-0.4, -0.2) is 24.6 Å². The summed E-state index contributed by atoms with van der Waals surface area (Å²) in [5.74, 6) is 0.482. The van der Waals surface area contributed by atoms with E-state index in [1.807, 2.05) is 7.05 Å². The number of hydrogen-bond donors (Lipinski definition) is 1. The highest BCUT2D eigenvalue weighted by atomic mass is 79.9. The average Bonchev–Trinajstić information content (AvgIpc) is 2.25. The number of halogens is 2. The molecule has 0 aromatic carbocycles. The molecular formula is C12H19BrFN3. The lowest BCUT2D eigenvalue weighted by atomic mass is 10.0. The van der Waals surface area contributed by atoms with Gasteiger partial charge in [-0.05, 0) is 34.3 Å². The molecule has 0 saturated carbocycles. The van der Waals surface area contributed by atoms with Crippen molar-refractivity contribution in [1.29, 1.82) is 0 Å². The van der Waals surface area contributed by atoms with E-state index in [1.165, 1.54) is 6.07 Å². The Bertz CT molecular complexity index is 371. The topological polar surface area (TPSA) is 42.1 Å². The number of anilines is 1. The maximum Gasteiger partial charge on any atom is 0.166 e. The van der Waals surface area contributed by atoms with Crippen LogP contribution < -0.4 is 10.6 Å². The molecule has 1 aromatic rings. The lowest BCUT2D eigenvalue weighted by molar-refractivity contribution is 0.464. The van der Waals surface area contributed by atoms with E-state index < -0.39 is 0 Å². The fourth-order valence-electron chi connectivity index (χ4n) is 1.47. The van der Waals surface area contributed by atoms with Gasteiger partial charge in [0, 0.05) is 30.3 Å². The maximum absolute atomic E-state index is 13.6. The minimum Gasteiger partial charge on any atom is -0.357 e. The SMILES string of the molecule is CC(C)C(N)CCN(C)c1ncc(Br)cc1F. The van der Waals surface area contributed by atoms with Crippen LogP contribution in [0, 0.1) is 11.7 Å². The van der Waals surface area contributed by atoms with E-state index in [0.717, 1.165) is 6.42 Å². The Morgan fingerprint density at radius 3 is 2.71 bits per heavy atom. The first-order chi connectivity index (χ1) is 7.91. The Morgan fingerprint density at radius 2 is 2.18 bits per heavy atom. The molecule has 0 amide bonds. The van der Waals surface area contributed by atoms with E-state index in [0.29, 0.717) is 22.8 Å². The molecule has 3 nitrogen and oxygen atoms in total. The Labute approximate surface area is 110 Å². The zero-order valence-corrected chi connectivity index (χ0v) is 12.0. The lowest BCUT2D eigenvalue weighted by Gasteiger charge is -2.22. The van der Waals surface area contributed by atoms with Gasteiger partial charge in [0.15, 0.2) is 11.6 Å². The van der Waals surface area contributed by atoms with Crippen LogP contribution in [0.2, 0.25) is 0 Å². The summed E-state index contributed by atoms with van der Waals surface area (Å²) in [6, 6.07) is 1.55. The van der Waals surface area contributed by atoms with E-state index in [-0.39, 0.29) is 11.9 Å². The van der Waals surface area contributed by atoms with Gasteiger partial charge in [-0.3, -0.25) is 0 Å². The minimum absolute atomic E-state index is 0.135. The van der Waals surface area contributed by atoms with Crippen LogP contribution in [0.5, 0.6) is 0 Å². The van der Waals surface area contributed by atoms with Crippen LogP contribution in [0.4, 0.5) is 10.2 Å².